The van der Waals surface area contributed by atoms with Gasteiger partial charge in [0.05, 0.1) is 25.3 Å². The molecule has 2 atom stereocenters. The minimum absolute atomic E-state index is 0.175. The smallest absolute Gasteiger partial charge is 0.410 e. The summed E-state index contributed by atoms with van der Waals surface area (Å²) in [7, 11) is 0. The van der Waals surface area contributed by atoms with Gasteiger partial charge < -0.3 is 24.2 Å². The Hall–Kier alpha value is -1.34. The van der Waals surface area contributed by atoms with Crippen molar-refractivity contribution in [3.63, 3.8) is 0 Å². The standard InChI is InChI=1S/C16H29NO6/c1-15(2,3)22-13(19)10-21-12-7-11(9-18)17(8-12)14(20)23-16(4,5)6/h11-12,18H,7-10H2,1-6H3/t11-,12+/m0/s1. The van der Waals surface area contributed by atoms with Gasteiger partial charge in [0.1, 0.15) is 17.8 Å². The molecule has 23 heavy (non-hydrogen) atoms. The van der Waals surface area contributed by atoms with E-state index in [1.807, 2.05) is 0 Å². The van der Waals surface area contributed by atoms with Gasteiger partial charge in [-0.15, -0.1) is 0 Å². The number of esters is 1. The van der Waals surface area contributed by atoms with Crippen molar-refractivity contribution in [2.75, 3.05) is 19.8 Å². The fourth-order valence-corrected chi connectivity index (χ4v) is 2.27. The molecule has 0 aromatic heterocycles. The zero-order valence-electron chi connectivity index (χ0n) is 14.9. The molecule has 0 radical (unpaired) electrons. The summed E-state index contributed by atoms with van der Waals surface area (Å²) in [6.07, 6.45) is -0.356. The Morgan fingerprint density at radius 2 is 1.65 bits per heavy atom. The maximum atomic E-state index is 12.1. The second-order valence-electron chi connectivity index (χ2n) is 7.72. The zero-order chi connectivity index (χ0) is 17.8. The summed E-state index contributed by atoms with van der Waals surface area (Å²) < 4.78 is 16.0. The van der Waals surface area contributed by atoms with E-state index in [9.17, 15) is 14.7 Å². The van der Waals surface area contributed by atoms with Crippen LogP contribution in [0.15, 0.2) is 0 Å². The quantitative estimate of drug-likeness (QED) is 0.790. The number of rotatable bonds is 4. The molecule has 0 unspecified atom stereocenters. The van der Waals surface area contributed by atoms with Crippen LogP contribution in [0.25, 0.3) is 0 Å². The highest BCUT2D eigenvalue weighted by atomic mass is 16.6. The second-order valence-corrected chi connectivity index (χ2v) is 7.72. The van der Waals surface area contributed by atoms with Gasteiger partial charge >= 0.3 is 12.1 Å². The number of likely N-dealkylation sites (tertiary alicyclic amines) is 1. The van der Waals surface area contributed by atoms with Crippen LogP contribution in [0, 0.1) is 0 Å². The molecule has 7 heteroatoms. The van der Waals surface area contributed by atoms with E-state index in [1.165, 1.54) is 4.90 Å². The van der Waals surface area contributed by atoms with Crippen LogP contribution in [0.1, 0.15) is 48.0 Å². The first-order valence-electron chi connectivity index (χ1n) is 7.85. The van der Waals surface area contributed by atoms with Gasteiger partial charge in [0, 0.05) is 0 Å². The zero-order valence-corrected chi connectivity index (χ0v) is 14.9. The first-order valence-corrected chi connectivity index (χ1v) is 7.85. The molecular formula is C16H29NO6. The summed E-state index contributed by atoms with van der Waals surface area (Å²) in [6.45, 7) is 10.6. The van der Waals surface area contributed by atoms with Gasteiger partial charge in [-0.3, -0.25) is 0 Å². The summed E-state index contributed by atoms with van der Waals surface area (Å²) in [5.41, 5.74) is -1.17. The molecule has 0 saturated carbocycles. The number of aliphatic hydroxyl groups is 1. The third-order valence-electron chi connectivity index (χ3n) is 3.07. The molecule has 0 aliphatic carbocycles. The number of aliphatic hydroxyl groups excluding tert-OH is 1. The number of ether oxygens (including phenoxy) is 3. The Morgan fingerprint density at radius 1 is 1.09 bits per heavy atom. The summed E-state index contributed by atoms with van der Waals surface area (Å²) in [6, 6.07) is -0.367. The monoisotopic (exact) mass is 331 g/mol. The van der Waals surface area contributed by atoms with E-state index in [1.54, 1.807) is 41.5 Å². The lowest BCUT2D eigenvalue weighted by Gasteiger charge is -2.27. The average molecular weight is 331 g/mol. The van der Waals surface area contributed by atoms with E-state index >= 15 is 0 Å². The lowest BCUT2D eigenvalue weighted by Crippen LogP contribution is -2.41. The van der Waals surface area contributed by atoms with Crippen LogP contribution in [0.2, 0.25) is 0 Å². The molecule has 1 aliphatic rings. The van der Waals surface area contributed by atoms with E-state index in [0.717, 1.165) is 0 Å². The minimum atomic E-state index is -0.605. The van der Waals surface area contributed by atoms with Crippen LogP contribution in [0.3, 0.4) is 0 Å². The molecule has 1 saturated heterocycles. The maximum absolute atomic E-state index is 12.1. The predicted octanol–water partition coefficient (Wildman–Crippen LogP) is 1.71. The molecule has 1 heterocycles. The van der Waals surface area contributed by atoms with E-state index in [-0.39, 0.29) is 31.9 Å². The van der Waals surface area contributed by atoms with E-state index < -0.39 is 23.3 Å². The number of nitrogens with zero attached hydrogens (tertiary/aromatic N) is 1. The first kappa shape index (κ1) is 19.7. The SMILES string of the molecule is CC(C)(C)OC(=O)CO[C@@H]1C[C@@H](CO)N(C(=O)OC(C)(C)C)C1. The molecule has 7 nitrogen and oxygen atoms in total. The van der Waals surface area contributed by atoms with Gasteiger partial charge in [0.15, 0.2) is 0 Å². The van der Waals surface area contributed by atoms with Crippen LogP contribution in [-0.2, 0) is 19.0 Å². The Bertz CT molecular complexity index is 423. The average Bonchev–Trinajstić information content (AvgIpc) is 2.75. The highest BCUT2D eigenvalue weighted by molar-refractivity contribution is 5.71. The van der Waals surface area contributed by atoms with E-state index in [0.29, 0.717) is 6.42 Å². The van der Waals surface area contributed by atoms with Gasteiger partial charge in [-0.2, -0.15) is 0 Å². The fourth-order valence-electron chi connectivity index (χ4n) is 2.27. The van der Waals surface area contributed by atoms with Crippen molar-refractivity contribution in [1.29, 1.82) is 0 Å². The molecule has 0 spiro atoms. The fraction of sp³-hybridized carbons (Fsp3) is 0.875. The normalized spacial score (nSPS) is 22.1. The Kier molecular flexibility index (Phi) is 6.41. The molecular weight excluding hydrogens is 302 g/mol. The molecule has 1 N–H and O–H groups in total. The number of hydrogen-bond donors (Lipinski definition) is 1. The second kappa shape index (κ2) is 7.49. The van der Waals surface area contributed by atoms with Crippen molar-refractivity contribution in [3.05, 3.63) is 0 Å². The lowest BCUT2D eigenvalue weighted by molar-refractivity contribution is -0.162. The van der Waals surface area contributed by atoms with Crippen LogP contribution < -0.4 is 0 Å². The van der Waals surface area contributed by atoms with Crippen molar-refractivity contribution in [3.8, 4) is 0 Å². The van der Waals surface area contributed by atoms with Crippen molar-refractivity contribution in [2.45, 2.75) is 71.3 Å². The topological polar surface area (TPSA) is 85.3 Å². The molecule has 1 aliphatic heterocycles. The van der Waals surface area contributed by atoms with Crippen LogP contribution >= 0.6 is 0 Å². The van der Waals surface area contributed by atoms with Crippen LogP contribution in [-0.4, -0.2) is 65.2 Å². The number of amides is 1. The van der Waals surface area contributed by atoms with Gasteiger partial charge in [0.2, 0.25) is 0 Å². The van der Waals surface area contributed by atoms with E-state index in [4.69, 9.17) is 14.2 Å². The van der Waals surface area contributed by atoms with Crippen LogP contribution in [0.5, 0.6) is 0 Å². The molecule has 0 bridgehead atoms. The van der Waals surface area contributed by atoms with Crippen molar-refractivity contribution >= 4 is 12.1 Å². The van der Waals surface area contributed by atoms with Crippen molar-refractivity contribution in [2.24, 2.45) is 0 Å². The highest BCUT2D eigenvalue weighted by Crippen LogP contribution is 2.23. The molecule has 0 aromatic rings. The predicted molar refractivity (Wildman–Crippen MR) is 84.0 cm³/mol. The van der Waals surface area contributed by atoms with Gasteiger partial charge in [-0.1, -0.05) is 0 Å². The largest absolute Gasteiger partial charge is 0.458 e. The number of carbonyl (C=O) groups excluding carboxylic acids is 2. The van der Waals surface area contributed by atoms with Gasteiger partial charge in [0.25, 0.3) is 0 Å². The molecule has 1 fully saturated rings. The van der Waals surface area contributed by atoms with Crippen molar-refractivity contribution in [1.82, 2.24) is 4.90 Å². The Morgan fingerprint density at radius 3 is 2.13 bits per heavy atom. The number of carbonyl (C=O) groups is 2. The lowest BCUT2D eigenvalue weighted by atomic mass is 10.2. The highest BCUT2D eigenvalue weighted by Gasteiger charge is 2.38. The van der Waals surface area contributed by atoms with Gasteiger partial charge in [-0.25, -0.2) is 9.59 Å². The third kappa shape index (κ3) is 7.18. The maximum Gasteiger partial charge on any atom is 0.410 e. The molecule has 134 valence electrons. The van der Waals surface area contributed by atoms with Crippen molar-refractivity contribution < 1.29 is 28.9 Å². The Labute approximate surface area is 137 Å². The summed E-state index contributed by atoms with van der Waals surface area (Å²) >= 11 is 0. The summed E-state index contributed by atoms with van der Waals surface area (Å²) in [5.74, 6) is -0.450. The summed E-state index contributed by atoms with van der Waals surface area (Å²) in [4.78, 5) is 25.3. The first-order chi connectivity index (χ1) is 10.4. The molecule has 1 rings (SSSR count). The van der Waals surface area contributed by atoms with Gasteiger partial charge in [-0.05, 0) is 48.0 Å². The number of hydrogen-bond acceptors (Lipinski definition) is 6. The molecule has 1 amide bonds. The minimum Gasteiger partial charge on any atom is -0.458 e. The molecule has 0 aromatic carbocycles. The van der Waals surface area contributed by atoms with E-state index in [2.05, 4.69) is 0 Å². The third-order valence-corrected chi connectivity index (χ3v) is 3.07. The Balaban J connectivity index is 2.52. The van der Waals surface area contributed by atoms with Crippen LogP contribution in [0.4, 0.5) is 4.79 Å². The summed E-state index contributed by atoms with van der Waals surface area (Å²) in [5, 5.41) is 9.44.